The van der Waals surface area contributed by atoms with Crippen molar-refractivity contribution in [1.82, 2.24) is 0 Å². The molecular weight excluding hydrogens is 376 g/mol. The van der Waals surface area contributed by atoms with E-state index in [1.165, 1.54) is 57.8 Å². The summed E-state index contributed by atoms with van der Waals surface area (Å²) < 4.78 is 0. The molecule has 4 saturated carbocycles. The summed E-state index contributed by atoms with van der Waals surface area (Å²) in [6, 6.07) is 0. The lowest BCUT2D eigenvalue weighted by Gasteiger charge is -2.71. The van der Waals surface area contributed by atoms with Crippen molar-refractivity contribution >= 4 is 0 Å². The molecule has 4 fully saturated rings. The third kappa shape index (κ3) is 2.77. The molecule has 1 N–H and O–H groups in total. The van der Waals surface area contributed by atoms with Crippen LogP contribution in [0, 0.1) is 50.2 Å². The van der Waals surface area contributed by atoms with Gasteiger partial charge in [-0.2, -0.15) is 0 Å². The Morgan fingerprint density at radius 3 is 2.16 bits per heavy atom. The average Bonchev–Trinajstić information content (AvgIpc) is 2.68. The van der Waals surface area contributed by atoms with Gasteiger partial charge in [-0.05, 0) is 114 Å². The highest BCUT2D eigenvalue weighted by molar-refractivity contribution is 5.33. The fourth-order valence-electron chi connectivity index (χ4n) is 10.5. The highest BCUT2D eigenvalue weighted by atomic mass is 16.3. The molecule has 5 aliphatic carbocycles. The zero-order valence-electron chi connectivity index (χ0n) is 21.9. The Bertz CT molecular complexity index is 790. The van der Waals surface area contributed by atoms with Crippen molar-refractivity contribution in [3.8, 4) is 0 Å². The van der Waals surface area contributed by atoms with Crippen molar-refractivity contribution in [3.63, 3.8) is 0 Å². The molecule has 0 unspecified atom stereocenters. The van der Waals surface area contributed by atoms with Crippen LogP contribution in [0.2, 0.25) is 0 Å². The van der Waals surface area contributed by atoms with E-state index in [0.29, 0.717) is 33.0 Å². The van der Waals surface area contributed by atoms with E-state index in [0.717, 1.165) is 18.3 Å². The van der Waals surface area contributed by atoms with Gasteiger partial charge in [0.2, 0.25) is 0 Å². The summed E-state index contributed by atoms with van der Waals surface area (Å²) >= 11 is 0. The molecule has 0 aliphatic heterocycles. The lowest BCUT2D eigenvalue weighted by molar-refractivity contribution is -0.178. The smallest absolute Gasteiger partial charge is 0.0594 e. The van der Waals surface area contributed by atoms with Gasteiger partial charge in [0.15, 0.2) is 0 Å². The summed E-state index contributed by atoms with van der Waals surface area (Å²) in [5.74, 6) is 2.21. The summed E-state index contributed by atoms with van der Waals surface area (Å²) in [5.41, 5.74) is 4.12. The summed E-state index contributed by atoms with van der Waals surface area (Å²) in [7, 11) is 0. The Labute approximate surface area is 192 Å². The first kappa shape index (κ1) is 22.5. The fraction of sp³-hybridized carbons (Fsp3) is 0.933. The zero-order valence-corrected chi connectivity index (χ0v) is 21.9. The Hall–Kier alpha value is -0.300. The van der Waals surface area contributed by atoms with Crippen LogP contribution in [-0.4, -0.2) is 11.2 Å². The highest BCUT2D eigenvalue weighted by Crippen LogP contribution is 2.75. The quantitative estimate of drug-likeness (QED) is 0.387. The zero-order chi connectivity index (χ0) is 22.7. The number of hydrogen-bond donors (Lipinski definition) is 1. The van der Waals surface area contributed by atoms with Crippen LogP contribution in [-0.2, 0) is 0 Å². The lowest BCUT2D eigenvalue weighted by Crippen LogP contribution is -2.63. The maximum absolute atomic E-state index is 10.9. The lowest BCUT2D eigenvalue weighted by atomic mass is 9.34. The predicted molar refractivity (Wildman–Crippen MR) is 131 cm³/mol. The van der Waals surface area contributed by atoms with Gasteiger partial charge in [-0.15, -0.1) is 0 Å². The number of aliphatic hydroxyl groups is 1. The molecule has 31 heavy (non-hydrogen) atoms. The van der Waals surface area contributed by atoms with E-state index < -0.39 is 0 Å². The van der Waals surface area contributed by atoms with Crippen molar-refractivity contribution in [2.24, 2.45) is 50.2 Å². The second-order valence-corrected chi connectivity index (χ2v) is 15.2. The summed E-state index contributed by atoms with van der Waals surface area (Å²) in [5, 5.41) is 10.9. The van der Waals surface area contributed by atoms with Gasteiger partial charge in [0, 0.05) is 0 Å². The Morgan fingerprint density at radius 2 is 1.45 bits per heavy atom. The topological polar surface area (TPSA) is 20.2 Å². The minimum atomic E-state index is -0.134. The Kier molecular flexibility index (Phi) is 4.66. The van der Waals surface area contributed by atoms with Crippen molar-refractivity contribution in [2.75, 3.05) is 0 Å². The normalized spacial score (nSPS) is 55.2. The third-order valence-electron chi connectivity index (χ3n) is 13.0. The second-order valence-electron chi connectivity index (χ2n) is 15.2. The minimum absolute atomic E-state index is 0.0369. The number of aliphatic hydroxyl groups excluding tert-OH is 1. The number of allylic oxidation sites excluding steroid dienone is 2. The van der Waals surface area contributed by atoms with Gasteiger partial charge in [0.25, 0.3) is 0 Å². The van der Waals surface area contributed by atoms with Crippen molar-refractivity contribution in [3.05, 3.63) is 11.6 Å². The van der Waals surface area contributed by atoms with E-state index in [-0.39, 0.29) is 11.5 Å². The van der Waals surface area contributed by atoms with Crippen molar-refractivity contribution in [2.45, 2.75) is 126 Å². The summed E-state index contributed by atoms with van der Waals surface area (Å²) in [6.45, 7) is 20.5. The second kappa shape index (κ2) is 6.43. The number of rotatable bonds is 0. The van der Waals surface area contributed by atoms with E-state index in [9.17, 15) is 5.11 Å². The van der Waals surface area contributed by atoms with E-state index in [2.05, 4.69) is 61.5 Å². The average molecular weight is 427 g/mol. The van der Waals surface area contributed by atoms with Crippen LogP contribution in [0.5, 0.6) is 0 Å². The maximum Gasteiger partial charge on any atom is 0.0594 e. The maximum atomic E-state index is 10.9. The van der Waals surface area contributed by atoms with E-state index in [1.54, 1.807) is 0 Å². The van der Waals surface area contributed by atoms with Crippen LogP contribution < -0.4 is 0 Å². The first-order chi connectivity index (χ1) is 14.2. The fourth-order valence-corrected chi connectivity index (χ4v) is 10.5. The van der Waals surface area contributed by atoms with Crippen LogP contribution in [0.4, 0.5) is 0 Å². The highest BCUT2D eigenvalue weighted by Gasteiger charge is 2.67. The van der Waals surface area contributed by atoms with E-state index >= 15 is 0 Å². The van der Waals surface area contributed by atoms with Gasteiger partial charge < -0.3 is 5.11 Å². The van der Waals surface area contributed by atoms with Gasteiger partial charge in [0.05, 0.1) is 6.10 Å². The van der Waals surface area contributed by atoms with E-state index in [4.69, 9.17) is 0 Å². The van der Waals surface area contributed by atoms with Crippen LogP contribution >= 0.6 is 0 Å². The molecule has 1 heteroatoms. The third-order valence-corrected chi connectivity index (χ3v) is 13.0. The molecule has 0 aromatic heterocycles. The largest absolute Gasteiger partial charge is 0.393 e. The van der Waals surface area contributed by atoms with Crippen molar-refractivity contribution in [1.29, 1.82) is 0 Å². The molecule has 0 spiro atoms. The molecule has 0 radical (unpaired) electrons. The summed E-state index contributed by atoms with van der Waals surface area (Å²) in [4.78, 5) is 0. The van der Waals surface area contributed by atoms with Gasteiger partial charge in [-0.1, -0.05) is 67.0 Å². The Balaban J connectivity index is 1.57. The molecule has 0 saturated heterocycles. The molecule has 8 atom stereocenters. The van der Waals surface area contributed by atoms with Gasteiger partial charge in [-0.25, -0.2) is 0 Å². The first-order valence-corrected chi connectivity index (χ1v) is 13.6. The van der Waals surface area contributed by atoms with Gasteiger partial charge in [-0.3, -0.25) is 0 Å². The molecule has 0 bridgehead atoms. The monoisotopic (exact) mass is 426 g/mol. The van der Waals surface area contributed by atoms with E-state index in [1.807, 2.05) is 5.57 Å². The molecule has 0 aromatic carbocycles. The number of fused-ring (bicyclic) bond motifs is 7. The van der Waals surface area contributed by atoms with Crippen LogP contribution in [0.3, 0.4) is 0 Å². The van der Waals surface area contributed by atoms with Crippen molar-refractivity contribution < 1.29 is 5.11 Å². The van der Waals surface area contributed by atoms with Gasteiger partial charge in [0.1, 0.15) is 0 Å². The molecule has 1 nitrogen and oxygen atoms in total. The number of hydrogen-bond acceptors (Lipinski definition) is 1. The van der Waals surface area contributed by atoms with Crippen LogP contribution in [0.15, 0.2) is 11.6 Å². The molecule has 5 rings (SSSR count). The molecule has 0 aromatic rings. The standard InChI is InChI=1S/C30H50O/c1-25(2)15-16-27(5)17-18-29(7)21-9-10-22-26(3,4)24(31)12-13-28(22,6)20(21)11-14-30(29,8)23(27)19-25/h9,20,22-24,31H,10-19H2,1-8H3/t20-,22+,23-,24+,27-,28-,29-,30+/m1/s1. The SMILES string of the molecule is CC1(C)CC[C@]2(C)CC[C@]3(C)C4=CC[C@H]5C(C)(C)[C@@H](O)CC[C@]5(C)[C@@H]4CC[C@@]3(C)[C@@H]2C1. The predicted octanol–water partition coefficient (Wildman–Crippen LogP) is 8.17. The molecule has 0 amide bonds. The minimum Gasteiger partial charge on any atom is -0.393 e. The Morgan fingerprint density at radius 1 is 0.774 bits per heavy atom. The molecular formula is C30H50O. The molecule has 5 aliphatic rings. The summed E-state index contributed by atoms with van der Waals surface area (Å²) in [6.07, 6.45) is 15.9. The van der Waals surface area contributed by atoms with Gasteiger partial charge >= 0.3 is 0 Å². The van der Waals surface area contributed by atoms with Crippen LogP contribution in [0.25, 0.3) is 0 Å². The molecule has 0 heterocycles. The first-order valence-electron chi connectivity index (χ1n) is 13.6. The molecule has 176 valence electrons. The van der Waals surface area contributed by atoms with Crippen LogP contribution in [0.1, 0.15) is 120 Å².